The van der Waals surface area contributed by atoms with Gasteiger partial charge < -0.3 is 5.73 Å². The summed E-state index contributed by atoms with van der Waals surface area (Å²) in [7, 11) is -3.84. The highest BCUT2D eigenvalue weighted by Crippen LogP contribution is 2.30. The maximum Gasteiger partial charge on any atom is 0.263 e. The molecule has 3 N–H and O–H groups in total. The average Bonchev–Trinajstić information content (AvgIpc) is 2.35. The predicted octanol–water partition coefficient (Wildman–Crippen LogP) is 4.14. The lowest BCUT2D eigenvalue weighted by Crippen LogP contribution is -2.14. The van der Waals surface area contributed by atoms with Crippen LogP contribution in [0.4, 0.5) is 11.4 Å². The summed E-state index contributed by atoms with van der Waals surface area (Å²) in [6, 6.07) is 8.96. The maximum atomic E-state index is 12.3. The molecule has 0 bridgehead atoms. The Morgan fingerprint density at radius 1 is 1.10 bits per heavy atom. The van der Waals surface area contributed by atoms with Gasteiger partial charge in [-0.25, -0.2) is 8.42 Å². The molecule has 0 aliphatic rings. The summed E-state index contributed by atoms with van der Waals surface area (Å²) in [5.41, 5.74) is 6.25. The number of sulfonamides is 1. The largest absolute Gasteiger partial charge is 0.399 e. The Labute approximate surface area is 135 Å². The van der Waals surface area contributed by atoms with Crippen molar-refractivity contribution in [2.45, 2.75) is 4.90 Å². The first-order chi connectivity index (χ1) is 9.29. The van der Waals surface area contributed by atoms with Crippen molar-refractivity contribution in [2.75, 3.05) is 10.5 Å². The van der Waals surface area contributed by atoms with Gasteiger partial charge in [0, 0.05) is 15.2 Å². The molecule has 0 atom stereocenters. The topological polar surface area (TPSA) is 72.2 Å². The van der Waals surface area contributed by atoms with Gasteiger partial charge in [-0.2, -0.15) is 0 Å². The number of rotatable bonds is 3. The SMILES string of the molecule is Nc1ccc(Cl)c(S(=O)(=O)Nc2ccc(Cl)cc2Br)c1. The van der Waals surface area contributed by atoms with Crippen LogP contribution in [0.2, 0.25) is 10.0 Å². The van der Waals surface area contributed by atoms with E-state index in [9.17, 15) is 8.42 Å². The Bertz CT molecular complexity index is 766. The molecule has 0 unspecified atom stereocenters. The molecular formula is C12H9BrCl2N2O2S. The van der Waals surface area contributed by atoms with Gasteiger partial charge in [-0.3, -0.25) is 4.72 Å². The van der Waals surface area contributed by atoms with Crippen molar-refractivity contribution in [3.8, 4) is 0 Å². The Balaban J connectivity index is 2.43. The van der Waals surface area contributed by atoms with Crippen LogP contribution in [0.15, 0.2) is 45.8 Å². The zero-order chi connectivity index (χ0) is 14.9. The van der Waals surface area contributed by atoms with E-state index in [0.717, 1.165) is 0 Å². The highest BCUT2D eigenvalue weighted by Gasteiger charge is 2.19. The van der Waals surface area contributed by atoms with E-state index in [4.69, 9.17) is 28.9 Å². The number of nitrogens with one attached hydrogen (secondary N) is 1. The van der Waals surface area contributed by atoms with Gasteiger partial charge in [-0.15, -0.1) is 0 Å². The Morgan fingerprint density at radius 2 is 1.80 bits per heavy atom. The molecule has 0 heterocycles. The Hall–Kier alpha value is -0.950. The second-order valence-corrected chi connectivity index (χ2v) is 7.27. The number of halogens is 3. The minimum absolute atomic E-state index is 0.0824. The van der Waals surface area contributed by atoms with E-state index in [2.05, 4.69) is 20.7 Å². The fourth-order valence-electron chi connectivity index (χ4n) is 1.50. The number of hydrogen-bond donors (Lipinski definition) is 2. The third-order valence-electron chi connectivity index (χ3n) is 2.42. The summed E-state index contributed by atoms with van der Waals surface area (Å²) in [5.74, 6) is 0. The van der Waals surface area contributed by atoms with Crippen LogP contribution in [0, 0.1) is 0 Å². The average molecular weight is 396 g/mol. The molecule has 106 valence electrons. The molecular weight excluding hydrogens is 387 g/mol. The molecule has 0 saturated carbocycles. The van der Waals surface area contributed by atoms with Gasteiger partial charge >= 0.3 is 0 Å². The summed E-state index contributed by atoms with van der Waals surface area (Å²) >= 11 is 14.9. The molecule has 2 rings (SSSR count). The molecule has 0 aliphatic heterocycles. The molecule has 0 radical (unpaired) electrons. The molecule has 2 aromatic carbocycles. The third-order valence-corrected chi connectivity index (χ3v) is 5.16. The summed E-state index contributed by atoms with van der Waals surface area (Å²) in [5, 5.41) is 0.582. The monoisotopic (exact) mass is 394 g/mol. The lowest BCUT2D eigenvalue weighted by atomic mass is 10.3. The Morgan fingerprint density at radius 3 is 2.45 bits per heavy atom. The molecule has 0 spiro atoms. The second kappa shape index (κ2) is 5.81. The quantitative estimate of drug-likeness (QED) is 0.767. The van der Waals surface area contributed by atoms with Crippen LogP contribution in [-0.2, 0) is 10.0 Å². The number of nitrogen functional groups attached to an aromatic ring is 1. The van der Waals surface area contributed by atoms with Crippen LogP contribution in [0.1, 0.15) is 0 Å². The van der Waals surface area contributed by atoms with Crippen molar-refractivity contribution >= 4 is 60.5 Å². The first-order valence-corrected chi connectivity index (χ1v) is 8.36. The van der Waals surface area contributed by atoms with Crippen LogP contribution in [0.5, 0.6) is 0 Å². The number of benzene rings is 2. The number of nitrogens with two attached hydrogens (primary N) is 1. The van der Waals surface area contributed by atoms with E-state index in [1.54, 1.807) is 18.2 Å². The van der Waals surface area contributed by atoms with Crippen LogP contribution < -0.4 is 10.5 Å². The highest BCUT2D eigenvalue weighted by molar-refractivity contribution is 9.10. The van der Waals surface area contributed by atoms with Gasteiger partial charge in [-0.05, 0) is 52.3 Å². The molecule has 0 aliphatic carbocycles. The fraction of sp³-hybridized carbons (Fsp3) is 0. The van der Waals surface area contributed by atoms with Crippen molar-refractivity contribution in [3.05, 3.63) is 50.9 Å². The molecule has 8 heteroatoms. The normalized spacial score (nSPS) is 11.3. The van der Waals surface area contributed by atoms with Crippen LogP contribution in [0.25, 0.3) is 0 Å². The highest BCUT2D eigenvalue weighted by atomic mass is 79.9. The van der Waals surface area contributed by atoms with Gasteiger partial charge in [0.25, 0.3) is 10.0 Å². The van der Waals surface area contributed by atoms with E-state index < -0.39 is 10.0 Å². The first kappa shape index (κ1) is 15.4. The predicted molar refractivity (Wildman–Crippen MR) is 85.8 cm³/mol. The third kappa shape index (κ3) is 3.38. The summed E-state index contributed by atoms with van der Waals surface area (Å²) in [4.78, 5) is -0.0824. The van der Waals surface area contributed by atoms with Gasteiger partial charge in [0.05, 0.1) is 10.7 Å². The van der Waals surface area contributed by atoms with Crippen molar-refractivity contribution in [3.63, 3.8) is 0 Å². The minimum Gasteiger partial charge on any atom is -0.399 e. The Kier molecular flexibility index (Phi) is 4.49. The van der Waals surface area contributed by atoms with Gasteiger partial charge in [0.15, 0.2) is 0 Å². The van der Waals surface area contributed by atoms with Crippen molar-refractivity contribution < 1.29 is 8.42 Å². The molecule has 4 nitrogen and oxygen atoms in total. The van der Waals surface area contributed by atoms with Crippen LogP contribution in [0.3, 0.4) is 0 Å². The number of anilines is 2. The molecule has 0 amide bonds. The summed E-state index contributed by atoms with van der Waals surface area (Å²) < 4.78 is 27.6. The van der Waals surface area contributed by atoms with Crippen molar-refractivity contribution in [2.24, 2.45) is 0 Å². The first-order valence-electron chi connectivity index (χ1n) is 5.32. The molecule has 0 fully saturated rings. The van der Waals surface area contributed by atoms with E-state index in [0.29, 0.717) is 20.9 Å². The minimum atomic E-state index is -3.84. The standard InChI is InChI=1S/C12H9BrCl2N2O2S/c13-9-5-7(14)1-4-11(9)17-20(18,19)12-6-8(16)2-3-10(12)15/h1-6,17H,16H2. The van der Waals surface area contributed by atoms with Crippen molar-refractivity contribution in [1.29, 1.82) is 0 Å². The number of hydrogen-bond acceptors (Lipinski definition) is 3. The van der Waals surface area contributed by atoms with E-state index in [1.807, 2.05) is 0 Å². The van der Waals surface area contributed by atoms with Gasteiger partial charge in [-0.1, -0.05) is 23.2 Å². The van der Waals surface area contributed by atoms with Gasteiger partial charge in [0.2, 0.25) is 0 Å². The van der Waals surface area contributed by atoms with E-state index >= 15 is 0 Å². The van der Waals surface area contributed by atoms with Crippen LogP contribution >= 0.6 is 39.1 Å². The zero-order valence-electron chi connectivity index (χ0n) is 9.90. The summed E-state index contributed by atoms with van der Waals surface area (Å²) in [6.07, 6.45) is 0. The zero-order valence-corrected chi connectivity index (χ0v) is 13.8. The lowest BCUT2D eigenvalue weighted by Gasteiger charge is -2.11. The lowest BCUT2D eigenvalue weighted by molar-refractivity contribution is 0.601. The van der Waals surface area contributed by atoms with Crippen molar-refractivity contribution in [1.82, 2.24) is 0 Å². The maximum absolute atomic E-state index is 12.3. The molecule has 20 heavy (non-hydrogen) atoms. The van der Waals surface area contributed by atoms with Gasteiger partial charge in [0.1, 0.15) is 4.90 Å². The van der Waals surface area contributed by atoms with Crippen LogP contribution in [-0.4, -0.2) is 8.42 Å². The summed E-state index contributed by atoms with van der Waals surface area (Å²) in [6.45, 7) is 0. The van der Waals surface area contributed by atoms with E-state index in [-0.39, 0.29) is 9.92 Å². The smallest absolute Gasteiger partial charge is 0.263 e. The molecule has 0 saturated heterocycles. The van der Waals surface area contributed by atoms with E-state index in [1.165, 1.54) is 18.2 Å². The molecule has 2 aromatic rings. The fourth-order valence-corrected chi connectivity index (χ4v) is 4.03. The molecule has 0 aromatic heterocycles. The second-order valence-electron chi connectivity index (χ2n) is 3.92.